The summed E-state index contributed by atoms with van der Waals surface area (Å²) in [7, 11) is 0. The number of ether oxygens (including phenoxy) is 1. The minimum atomic E-state index is -4.88. The fourth-order valence-corrected chi connectivity index (χ4v) is 3.16. The molecular formula is C23H20ClF4N5O3. The van der Waals surface area contributed by atoms with E-state index < -0.39 is 35.1 Å². The number of anilines is 2. The Morgan fingerprint density at radius 2 is 1.86 bits per heavy atom. The number of benzene rings is 2. The van der Waals surface area contributed by atoms with Crippen molar-refractivity contribution in [2.75, 3.05) is 23.8 Å². The highest BCUT2D eigenvalue weighted by atomic mass is 35.5. The summed E-state index contributed by atoms with van der Waals surface area (Å²) in [5.74, 6) is -1.98. The molecule has 0 saturated carbocycles. The largest absolute Gasteiger partial charge is 0.491 e. The summed E-state index contributed by atoms with van der Waals surface area (Å²) >= 11 is 6.00. The number of carbonyl (C=O) groups excluding carboxylic acids is 2. The van der Waals surface area contributed by atoms with Crippen LogP contribution in [0.2, 0.25) is 5.02 Å². The van der Waals surface area contributed by atoms with Crippen LogP contribution in [-0.4, -0.2) is 35.1 Å². The third kappa shape index (κ3) is 7.28. The Hall–Kier alpha value is -3.93. The summed E-state index contributed by atoms with van der Waals surface area (Å²) < 4.78 is 58.8. The van der Waals surface area contributed by atoms with Gasteiger partial charge in [-0.25, -0.2) is 14.2 Å². The van der Waals surface area contributed by atoms with Gasteiger partial charge in [0, 0.05) is 11.6 Å². The molecule has 0 bridgehead atoms. The van der Waals surface area contributed by atoms with E-state index >= 15 is 0 Å². The Bertz CT molecular complexity index is 1240. The molecule has 0 aliphatic carbocycles. The highest BCUT2D eigenvalue weighted by Gasteiger charge is 2.36. The van der Waals surface area contributed by atoms with Crippen molar-refractivity contribution in [2.45, 2.75) is 19.5 Å². The topological polar surface area (TPSA) is 105 Å². The molecule has 3 N–H and O–H groups in total. The van der Waals surface area contributed by atoms with Crippen molar-refractivity contribution >= 4 is 35.0 Å². The maximum Gasteiger partial charge on any atom is 0.417 e. The summed E-state index contributed by atoms with van der Waals surface area (Å²) in [4.78, 5) is 32.5. The zero-order valence-corrected chi connectivity index (χ0v) is 19.5. The van der Waals surface area contributed by atoms with Crippen LogP contribution in [0.4, 0.5) is 33.9 Å². The van der Waals surface area contributed by atoms with Crippen molar-refractivity contribution in [2.24, 2.45) is 0 Å². The second-order valence-electron chi connectivity index (χ2n) is 7.38. The Kier molecular flexibility index (Phi) is 8.64. The molecule has 1 heterocycles. The van der Waals surface area contributed by atoms with Crippen LogP contribution in [0.5, 0.6) is 5.75 Å². The predicted octanol–water partition coefficient (Wildman–Crippen LogP) is 5.44. The zero-order chi connectivity index (χ0) is 26.3. The van der Waals surface area contributed by atoms with E-state index in [4.69, 9.17) is 16.3 Å². The zero-order valence-electron chi connectivity index (χ0n) is 18.7. The lowest BCUT2D eigenvalue weighted by Gasteiger charge is -2.15. The average Bonchev–Trinajstić information content (AvgIpc) is 2.80. The van der Waals surface area contributed by atoms with Crippen molar-refractivity contribution in [3.05, 3.63) is 76.5 Å². The van der Waals surface area contributed by atoms with E-state index in [0.717, 1.165) is 12.1 Å². The second kappa shape index (κ2) is 11.7. The van der Waals surface area contributed by atoms with Crippen molar-refractivity contribution in [1.82, 2.24) is 15.3 Å². The highest BCUT2D eigenvalue weighted by molar-refractivity contribution is 6.31. The third-order valence-corrected chi connectivity index (χ3v) is 4.86. The van der Waals surface area contributed by atoms with Gasteiger partial charge >= 0.3 is 12.2 Å². The van der Waals surface area contributed by atoms with Crippen LogP contribution in [0.1, 0.15) is 28.0 Å². The van der Waals surface area contributed by atoms with Gasteiger partial charge in [0.25, 0.3) is 5.91 Å². The highest BCUT2D eigenvalue weighted by Crippen LogP contribution is 2.33. The van der Waals surface area contributed by atoms with E-state index in [1.165, 1.54) is 30.6 Å². The van der Waals surface area contributed by atoms with Crippen molar-refractivity contribution in [3.8, 4) is 5.75 Å². The number of aryl methyl sites for hydroxylation is 1. The van der Waals surface area contributed by atoms with Gasteiger partial charge in [-0.3, -0.25) is 15.1 Å². The van der Waals surface area contributed by atoms with E-state index in [1.807, 2.05) is 0 Å². The van der Waals surface area contributed by atoms with E-state index in [9.17, 15) is 27.2 Å². The standard InChI is InChI=1S/C23H20ClF4N5O3/c1-13-11-31-19(12-30-13)33-22(35)32-17-10-14(24)6-7-18(17)36-9-3-8-29-21(34)20-15(23(26,27)28)4-2-5-16(20)25/h2,4-7,10-12H,3,8-9H2,1H3,(H,29,34)(H2,31,32,33,35). The first kappa shape index (κ1) is 26.7. The molecule has 3 rings (SSSR count). The molecule has 190 valence electrons. The number of aromatic nitrogens is 2. The molecule has 0 fully saturated rings. The van der Waals surface area contributed by atoms with Gasteiger partial charge in [-0.15, -0.1) is 0 Å². The third-order valence-electron chi connectivity index (χ3n) is 4.62. The number of nitrogens with zero attached hydrogens (tertiary/aromatic N) is 2. The van der Waals surface area contributed by atoms with Crippen LogP contribution in [0, 0.1) is 12.7 Å². The molecule has 0 aliphatic rings. The van der Waals surface area contributed by atoms with Crippen LogP contribution in [-0.2, 0) is 6.18 Å². The van der Waals surface area contributed by atoms with E-state index in [1.54, 1.807) is 6.92 Å². The first-order chi connectivity index (χ1) is 17.0. The number of rotatable bonds is 8. The maximum atomic E-state index is 13.9. The molecule has 8 nitrogen and oxygen atoms in total. The van der Waals surface area contributed by atoms with Gasteiger partial charge in [-0.2, -0.15) is 13.2 Å². The Labute approximate surface area is 208 Å². The van der Waals surface area contributed by atoms with Gasteiger partial charge in [0.05, 0.1) is 41.5 Å². The fraction of sp³-hybridized carbons (Fsp3) is 0.217. The number of urea groups is 1. The molecule has 0 saturated heterocycles. The lowest BCUT2D eigenvalue weighted by Crippen LogP contribution is -2.29. The molecule has 3 amide bonds. The molecule has 3 aromatic rings. The smallest absolute Gasteiger partial charge is 0.417 e. The van der Waals surface area contributed by atoms with Crippen molar-refractivity contribution in [3.63, 3.8) is 0 Å². The minimum absolute atomic E-state index is 0.0189. The van der Waals surface area contributed by atoms with Crippen LogP contribution < -0.4 is 20.7 Å². The van der Waals surface area contributed by atoms with Crippen LogP contribution >= 0.6 is 11.6 Å². The Balaban J connectivity index is 1.54. The first-order valence-electron chi connectivity index (χ1n) is 10.5. The molecular weight excluding hydrogens is 506 g/mol. The minimum Gasteiger partial charge on any atom is -0.491 e. The van der Waals surface area contributed by atoms with E-state index in [0.29, 0.717) is 16.8 Å². The number of halogens is 5. The molecule has 36 heavy (non-hydrogen) atoms. The van der Waals surface area contributed by atoms with Crippen molar-refractivity contribution < 1.29 is 31.9 Å². The summed E-state index contributed by atoms with van der Waals surface area (Å²) in [5, 5.41) is 7.66. The maximum absolute atomic E-state index is 13.9. The molecule has 13 heteroatoms. The summed E-state index contributed by atoms with van der Waals surface area (Å²) in [5.41, 5.74) is -1.51. The van der Waals surface area contributed by atoms with Gasteiger partial charge < -0.3 is 15.4 Å². The first-order valence-corrected chi connectivity index (χ1v) is 10.9. The van der Waals surface area contributed by atoms with Gasteiger partial charge in [-0.1, -0.05) is 17.7 Å². The van der Waals surface area contributed by atoms with Crippen molar-refractivity contribution in [1.29, 1.82) is 0 Å². The van der Waals surface area contributed by atoms with Crippen LogP contribution in [0.25, 0.3) is 0 Å². The molecule has 0 aliphatic heterocycles. The average molecular weight is 526 g/mol. The normalized spacial score (nSPS) is 11.1. The van der Waals surface area contributed by atoms with E-state index in [-0.39, 0.29) is 36.8 Å². The number of nitrogens with one attached hydrogen (secondary N) is 3. The molecule has 0 spiro atoms. The summed E-state index contributed by atoms with van der Waals surface area (Å²) in [6, 6.07) is 6.17. The number of alkyl halides is 3. The molecule has 2 aromatic carbocycles. The van der Waals surface area contributed by atoms with Crippen LogP contribution in [0.3, 0.4) is 0 Å². The van der Waals surface area contributed by atoms with Gasteiger partial charge in [0.2, 0.25) is 0 Å². The number of amides is 3. The molecule has 0 atom stereocenters. The SMILES string of the molecule is Cc1cnc(NC(=O)Nc2cc(Cl)ccc2OCCCNC(=O)c2c(F)cccc2C(F)(F)F)cn1. The summed E-state index contributed by atoms with van der Waals surface area (Å²) in [6.07, 6.45) is -1.83. The molecule has 1 aromatic heterocycles. The Morgan fingerprint density at radius 1 is 1.08 bits per heavy atom. The molecule has 0 unspecified atom stereocenters. The van der Waals surface area contributed by atoms with Gasteiger partial charge in [0.15, 0.2) is 5.82 Å². The lowest BCUT2D eigenvalue weighted by atomic mass is 10.1. The quantitative estimate of drug-likeness (QED) is 0.268. The summed E-state index contributed by atoms with van der Waals surface area (Å²) in [6.45, 7) is 1.68. The van der Waals surface area contributed by atoms with E-state index in [2.05, 4.69) is 25.9 Å². The fourth-order valence-electron chi connectivity index (χ4n) is 2.99. The lowest BCUT2D eigenvalue weighted by molar-refractivity contribution is -0.138. The van der Waals surface area contributed by atoms with Gasteiger partial charge in [-0.05, 0) is 43.7 Å². The number of hydrogen-bond donors (Lipinski definition) is 3. The Morgan fingerprint density at radius 3 is 2.56 bits per heavy atom. The number of carbonyl (C=O) groups is 2. The predicted molar refractivity (Wildman–Crippen MR) is 125 cm³/mol. The molecule has 0 radical (unpaired) electrons. The van der Waals surface area contributed by atoms with Gasteiger partial charge in [0.1, 0.15) is 11.6 Å². The monoisotopic (exact) mass is 525 g/mol. The second-order valence-corrected chi connectivity index (χ2v) is 7.82. The number of hydrogen-bond acceptors (Lipinski definition) is 5. The van der Waals surface area contributed by atoms with Crippen LogP contribution in [0.15, 0.2) is 48.8 Å².